The lowest BCUT2D eigenvalue weighted by Gasteiger charge is -2.41. The lowest BCUT2D eigenvalue weighted by molar-refractivity contribution is -0.121. The van der Waals surface area contributed by atoms with E-state index in [2.05, 4.69) is 79.9 Å². The van der Waals surface area contributed by atoms with Crippen LogP contribution in [0.5, 0.6) is 0 Å². The van der Waals surface area contributed by atoms with Crippen LogP contribution in [0.15, 0.2) is 30.4 Å². The van der Waals surface area contributed by atoms with Crippen LogP contribution in [0.25, 0.3) is 0 Å². The molecule has 0 aromatic heterocycles. The Morgan fingerprint density at radius 1 is 0.957 bits per heavy atom. The van der Waals surface area contributed by atoms with Crippen molar-refractivity contribution in [1.29, 1.82) is 0 Å². The van der Waals surface area contributed by atoms with Crippen molar-refractivity contribution in [3.8, 4) is 0 Å². The first-order valence-corrected chi connectivity index (χ1v) is 25.6. The number of Topliss-reactive ketones (excluding diaryl/α,β-unsaturated/α-hetero) is 1. The number of allylic oxidation sites excluding steroid dienone is 2. The second-order valence-corrected chi connectivity index (χ2v) is 29.1. The molecule has 0 bridgehead atoms. The molecule has 0 saturated heterocycles. The summed E-state index contributed by atoms with van der Waals surface area (Å²) < 4.78 is 53.6. The van der Waals surface area contributed by atoms with Crippen LogP contribution in [-0.2, 0) is 24.6 Å². The molecule has 270 valence electrons. The summed E-state index contributed by atoms with van der Waals surface area (Å²) in [6, 6.07) is 3.72. The molecule has 1 aliphatic rings. The summed E-state index contributed by atoms with van der Waals surface area (Å²) in [5.41, 5.74) is 0.654. The lowest BCUT2D eigenvalue weighted by Crippen LogP contribution is -2.45. The Hall–Kier alpha value is -0.966. The van der Waals surface area contributed by atoms with Gasteiger partial charge in [0.1, 0.15) is 17.4 Å². The van der Waals surface area contributed by atoms with Gasteiger partial charge in [-0.2, -0.15) is 0 Å². The van der Waals surface area contributed by atoms with Gasteiger partial charge in [-0.05, 0) is 111 Å². The molecule has 0 radical (unpaired) electrons. The average Bonchev–Trinajstić information content (AvgIpc) is 3.19. The highest BCUT2D eigenvalue weighted by Gasteiger charge is 2.48. The van der Waals surface area contributed by atoms with E-state index in [0.29, 0.717) is 43.6 Å². The predicted molar refractivity (Wildman–Crippen MR) is 197 cm³/mol. The van der Waals surface area contributed by atoms with E-state index in [4.69, 9.17) is 8.85 Å². The number of hydrogen-bond acceptors (Lipinski definition) is 4. The van der Waals surface area contributed by atoms with Crippen molar-refractivity contribution in [1.82, 2.24) is 0 Å². The van der Waals surface area contributed by atoms with Crippen molar-refractivity contribution < 1.29 is 31.9 Å². The molecular weight excluding hydrogens is 650 g/mol. The topological polar surface area (TPSA) is 72.8 Å². The van der Waals surface area contributed by atoms with E-state index >= 15 is 0 Å². The molecule has 1 aromatic rings. The van der Waals surface area contributed by atoms with Crippen LogP contribution in [0.3, 0.4) is 0 Å². The molecule has 47 heavy (non-hydrogen) atoms. The summed E-state index contributed by atoms with van der Waals surface area (Å²) in [6.45, 7) is 24.1. The van der Waals surface area contributed by atoms with Gasteiger partial charge in [0.05, 0.1) is 6.10 Å². The van der Waals surface area contributed by atoms with Crippen molar-refractivity contribution in [2.75, 3.05) is 12.3 Å². The molecule has 5 nitrogen and oxygen atoms in total. The first-order chi connectivity index (χ1) is 21.5. The molecule has 1 N–H and O–H groups in total. The molecule has 0 spiro atoms. The van der Waals surface area contributed by atoms with Crippen LogP contribution in [0.1, 0.15) is 105 Å². The van der Waals surface area contributed by atoms with Crippen LogP contribution in [0.4, 0.5) is 8.78 Å². The Morgan fingerprint density at radius 2 is 1.55 bits per heavy atom. The normalized spacial score (nSPS) is 21.8. The van der Waals surface area contributed by atoms with Crippen molar-refractivity contribution >= 4 is 29.8 Å². The SMILES string of the molecule is CCP(=O)(O)CCCC=CC[C@H]1C(=O)C[C@@H](O[Si](C)(C)C(C)(C)C)[C@@H]1CC[C@H](CCCc1cc(F)cc(F)c1)O[Si](C)(C)C(C)(C)C. The van der Waals surface area contributed by atoms with Gasteiger partial charge >= 0.3 is 0 Å². The third kappa shape index (κ3) is 13.4. The monoisotopic (exact) mass is 714 g/mol. The van der Waals surface area contributed by atoms with Gasteiger partial charge in [-0.3, -0.25) is 9.36 Å². The van der Waals surface area contributed by atoms with Gasteiger partial charge in [0.15, 0.2) is 24.0 Å². The zero-order chi connectivity index (χ0) is 35.8. The van der Waals surface area contributed by atoms with E-state index in [1.807, 2.05) is 0 Å². The number of hydrogen-bond donors (Lipinski definition) is 1. The Kier molecular flexibility index (Phi) is 15.5. The van der Waals surface area contributed by atoms with Crippen LogP contribution in [-0.4, -0.2) is 51.8 Å². The molecule has 1 unspecified atom stereocenters. The molecule has 0 amide bonds. The number of ketones is 1. The van der Waals surface area contributed by atoms with Gasteiger partial charge in [-0.1, -0.05) is 60.6 Å². The highest BCUT2D eigenvalue weighted by atomic mass is 31.2. The fourth-order valence-corrected chi connectivity index (χ4v) is 9.66. The molecule has 1 saturated carbocycles. The maximum absolute atomic E-state index is 13.8. The standard InChI is InChI=1S/C37H65F2O5PSi2/c1-12-45(41,42)23-16-14-13-15-20-32-33(35(27-34(32)40)44-47(10,11)37(5,6)7)22-21-31(43-46(8,9)36(2,3)4)19-17-18-28-24-29(38)26-30(39)25-28/h13,15,24-26,31-33,35H,12,14,16-23,27H2,1-11H3,(H,41,42)/t31-,32+,33+,35+/m0/s1. The lowest BCUT2D eigenvalue weighted by atomic mass is 9.86. The smallest absolute Gasteiger partial charge is 0.200 e. The molecule has 10 heteroatoms. The van der Waals surface area contributed by atoms with Gasteiger partial charge in [-0.15, -0.1) is 0 Å². The van der Waals surface area contributed by atoms with Crippen molar-refractivity contribution in [3.63, 3.8) is 0 Å². The van der Waals surface area contributed by atoms with E-state index < -0.39 is 35.6 Å². The number of unbranched alkanes of at least 4 members (excludes halogenated alkanes) is 1. The van der Waals surface area contributed by atoms with E-state index in [9.17, 15) is 23.0 Å². The van der Waals surface area contributed by atoms with E-state index in [0.717, 1.165) is 38.2 Å². The van der Waals surface area contributed by atoms with Crippen LogP contribution in [0, 0.1) is 23.5 Å². The maximum Gasteiger partial charge on any atom is 0.200 e. The van der Waals surface area contributed by atoms with Crippen LogP contribution < -0.4 is 0 Å². The van der Waals surface area contributed by atoms with E-state index in [1.165, 1.54) is 12.1 Å². The largest absolute Gasteiger partial charge is 0.414 e. The summed E-state index contributed by atoms with van der Waals surface area (Å²) in [5, 5.41) is 0.0516. The Bertz CT molecular complexity index is 1220. The fourth-order valence-electron chi connectivity index (χ4n) is 5.87. The Balaban J connectivity index is 2.25. The van der Waals surface area contributed by atoms with Crippen molar-refractivity contribution in [2.24, 2.45) is 11.8 Å². The Morgan fingerprint density at radius 3 is 2.11 bits per heavy atom. The minimum Gasteiger partial charge on any atom is -0.414 e. The summed E-state index contributed by atoms with van der Waals surface area (Å²) in [5.74, 6) is -0.917. The number of carbonyl (C=O) groups excluding carboxylic acids is 1. The molecule has 2 rings (SSSR count). The number of halogens is 2. The molecular formula is C37H65F2O5PSi2. The second kappa shape index (κ2) is 17.3. The maximum atomic E-state index is 13.8. The first kappa shape index (κ1) is 42.2. The molecule has 1 fully saturated rings. The first-order valence-electron chi connectivity index (χ1n) is 17.8. The van der Waals surface area contributed by atoms with Crippen molar-refractivity contribution in [3.05, 3.63) is 47.5 Å². The molecule has 5 atom stereocenters. The van der Waals surface area contributed by atoms with E-state index in [-0.39, 0.29) is 39.9 Å². The van der Waals surface area contributed by atoms with Gasteiger partial charge in [-0.25, -0.2) is 8.78 Å². The van der Waals surface area contributed by atoms with Gasteiger partial charge in [0.2, 0.25) is 0 Å². The third-order valence-corrected chi connectivity index (χ3v) is 22.0. The Labute approximate surface area is 287 Å². The predicted octanol–water partition coefficient (Wildman–Crippen LogP) is 11.1. The number of aryl methyl sites for hydroxylation is 1. The third-order valence-electron chi connectivity index (χ3n) is 11.0. The summed E-state index contributed by atoms with van der Waals surface area (Å²) >= 11 is 0. The minimum atomic E-state index is -3.02. The van der Waals surface area contributed by atoms with Gasteiger partial charge < -0.3 is 13.7 Å². The molecule has 0 aliphatic heterocycles. The van der Waals surface area contributed by atoms with Crippen LogP contribution >= 0.6 is 7.37 Å². The average molecular weight is 715 g/mol. The highest BCUT2D eigenvalue weighted by molar-refractivity contribution is 7.57. The summed E-state index contributed by atoms with van der Waals surface area (Å²) in [4.78, 5) is 23.4. The quantitative estimate of drug-likeness (QED) is 0.0709. The zero-order valence-corrected chi connectivity index (χ0v) is 34.2. The van der Waals surface area contributed by atoms with Gasteiger partial charge in [0, 0.05) is 36.8 Å². The van der Waals surface area contributed by atoms with Gasteiger partial charge in [0.25, 0.3) is 0 Å². The minimum absolute atomic E-state index is 0.0214. The van der Waals surface area contributed by atoms with Crippen molar-refractivity contribution in [2.45, 2.75) is 155 Å². The second-order valence-electron chi connectivity index (χ2n) is 16.8. The van der Waals surface area contributed by atoms with Crippen LogP contribution in [0.2, 0.25) is 36.3 Å². The number of rotatable bonds is 18. The number of benzene rings is 1. The zero-order valence-electron chi connectivity index (χ0n) is 31.3. The molecule has 1 aromatic carbocycles. The molecule has 0 heterocycles. The summed E-state index contributed by atoms with van der Waals surface area (Å²) in [6.07, 6.45) is 10.8. The van der Waals surface area contributed by atoms with E-state index in [1.54, 1.807) is 6.92 Å². The molecule has 1 aliphatic carbocycles. The highest BCUT2D eigenvalue weighted by Crippen LogP contribution is 2.45. The number of carbonyl (C=O) groups is 1. The fraction of sp³-hybridized carbons (Fsp3) is 0.757. The summed E-state index contributed by atoms with van der Waals surface area (Å²) in [7, 11) is -7.27.